The Hall–Kier alpha value is -4.52. The molecule has 2 aliphatic rings. The van der Waals surface area contributed by atoms with Crippen LogP contribution in [0.2, 0.25) is 0 Å². The summed E-state index contributed by atoms with van der Waals surface area (Å²) < 4.78 is 16.6. The molecule has 1 aliphatic heterocycles. The Labute approximate surface area is 221 Å². The van der Waals surface area contributed by atoms with Crippen LogP contribution in [0.3, 0.4) is 0 Å². The first-order valence-corrected chi connectivity index (χ1v) is 13.0. The first kappa shape index (κ1) is 24.8. The number of aromatic amines is 2. The summed E-state index contributed by atoms with van der Waals surface area (Å²) in [5, 5.41) is 20.7. The average molecular weight is 534 g/mol. The number of hydrogen-bond acceptors (Lipinski definition) is 8. The molecule has 2 fully saturated rings. The van der Waals surface area contributed by atoms with Gasteiger partial charge in [0.25, 0.3) is 5.91 Å². The largest absolute Gasteiger partial charge is 0.493 e. The monoisotopic (exact) mass is 533 g/mol. The smallest absolute Gasteiger partial charge is 0.326 e. The van der Waals surface area contributed by atoms with E-state index in [2.05, 4.69) is 35.6 Å². The number of anilines is 2. The molecule has 0 radical (unpaired) electrons. The SMILES string of the molecule is O=C(NCCN1CCCC1)c1ccc(Nc2cc(=NC3CC3)n3ncc(=Cc4[nH]c(=O)[nH]c4O)c3n2)c(F)c1. The third-order valence-corrected chi connectivity index (χ3v) is 6.78. The van der Waals surface area contributed by atoms with E-state index in [1.54, 1.807) is 22.8 Å². The Morgan fingerprint density at radius 3 is 2.77 bits per heavy atom. The second-order valence-electron chi connectivity index (χ2n) is 9.81. The molecular formula is C26H28FN9O3. The van der Waals surface area contributed by atoms with Gasteiger partial charge in [0.05, 0.1) is 17.9 Å². The molecule has 0 atom stereocenters. The highest BCUT2D eigenvalue weighted by molar-refractivity contribution is 5.94. The average Bonchev–Trinajstić information content (AvgIpc) is 3.26. The summed E-state index contributed by atoms with van der Waals surface area (Å²) in [6.07, 6.45) is 7.39. The van der Waals surface area contributed by atoms with Gasteiger partial charge in [0.1, 0.15) is 17.3 Å². The highest BCUT2D eigenvalue weighted by Crippen LogP contribution is 2.23. The van der Waals surface area contributed by atoms with E-state index in [0.29, 0.717) is 28.7 Å². The van der Waals surface area contributed by atoms with Crippen molar-refractivity contribution in [1.82, 2.24) is 34.8 Å². The highest BCUT2D eigenvalue weighted by Gasteiger charge is 2.20. The molecule has 3 aromatic heterocycles. The summed E-state index contributed by atoms with van der Waals surface area (Å²) in [7, 11) is 0. The fourth-order valence-corrected chi connectivity index (χ4v) is 4.59. The Balaban J connectivity index is 1.27. The molecule has 5 N–H and O–H groups in total. The van der Waals surface area contributed by atoms with Crippen LogP contribution in [0.15, 0.2) is 40.2 Å². The normalized spacial score (nSPS) is 16.8. The highest BCUT2D eigenvalue weighted by atomic mass is 19.1. The van der Waals surface area contributed by atoms with Crippen LogP contribution in [-0.4, -0.2) is 72.7 Å². The molecule has 12 nitrogen and oxygen atoms in total. The number of nitrogens with one attached hydrogen (secondary N) is 4. The van der Waals surface area contributed by atoms with Crippen molar-refractivity contribution in [3.8, 4) is 5.88 Å². The number of aromatic nitrogens is 5. The second kappa shape index (κ2) is 10.3. The number of nitrogens with zero attached hydrogens (tertiary/aromatic N) is 5. The maximum Gasteiger partial charge on any atom is 0.326 e. The van der Waals surface area contributed by atoms with Crippen molar-refractivity contribution in [3.05, 3.63) is 68.7 Å². The minimum absolute atomic E-state index is 0.149. The maximum absolute atomic E-state index is 15.1. The van der Waals surface area contributed by atoms with Crippen molar-refractivity contribution < 1.29 is 14.3 Å². The van der Waals surface area contributed by atoms with Crippen LogP contribution in [0.25, 0.3) is 11.7 Å². The van der Waals surface area contributed by atoms with E-state index in [0.717, 1.165) is 32.5 Å². The summed E-state index contributed by atoms with van der Waals surface area (Å²) in [5.74, 6) is -0.904. The molecule has 39 heavy (non-hydrogen) atoms. The number of halogens is 1. The quantitative estimate of drug-likeness (QED) is 0.224. The van der Waals surface area contributed by atoms with Gasteiger partial charge in [-0.05, 0) is 63.0 Å². The van der Waals surface area contributed by atoms with Crippen LogP contribution in [0.4, 0.5) is 15.9 Å². The van der Waals surface area contributed by atoms with Gasteiger partial charge < -0.3 is 25.6 Å². The molecule has 1 aliphatic carbocycles. The number of aromatic hydroxyl groups is 1. The van der Waals surface area contributed by atoms with E-state index in [1.807, 2.05) is 0 Å². The Bertz CT molecular complexity index is 1710. The Morgan fingerprint density at radius 2 is 2.05 bits per heavy atom. The van der Waals surface area contributed by atoms with E-state index >= 15 is 4.39 Å². The van der Waals surface area contributed by atoms with Gasteiger partial charge in [-0.2, -0.15) is 9.61 Å². The molecule has 1 aromatic carbocycles. The predicted octanol–water partition coefficient (Wildman–Crippen LogP) is 0.770. The third kappa shape index (κ3) is 5.53. The summed E-state index contributed by atoms with van der Waals surface area (Å²) >= 11 is 0. The molecule has 0 spiro atoms. The van der Waals surface area contributed by atoms with Gasteiger partial charge in [-0.15, -0.1) is 0 Å². The number of carbonyl (C=O) groups excluding carboxylic acids is 1. The van der Waals surface area contributed by atoms with Gasteiger partial charge in [-0.3, -0.25) is 14.8 Å². The summed E-state index contributed by atoms with van der Waals surface area (Å²) in [6.45, 7) is 3.39. The van der Waals surface area contributed by atoms with E-state index in [4.69, 9.17) is 4.99 Å². The van der Waals surface area contributed by atoms with Gasteiger partial charge in [-0.25, -0.2) is 14.2 Å². The molecule has 1 saturated heterocycles. The van der Waals surface area contributed by atoms with Crippen molar-refractivity contribution >= 4 is 29.1 Å². The number of hydrogen-bond donors (Lipinski definition) is 5. The van der Waals surface area contributed by atoms with Gasteiger partial charge in [0, 0.05) is 29.9 Å². The zero-order chi connectivity index (χ0) is 26.9. The number of rotatable bonds is 8. The molecule has 4 heterocycles. The van der Waals surface area contributed by atoms with Crippen molar-refractivity contribution in [2.75, 3.05) is 31.5 Å². The van der Waals surface area contributed by atoms with Gasteiger partial charge in [0.2, 0.25) is 5.88 Å². The molecule has 0 bridgehead atoms. The molecule has 1 amide bonds. The van der Waals surface area contributed by atoms with Crippen molar-refractivity contribution in [3.63, 3.8) is 0 Å². The lowest BCUT2D eigenvalue weighted by Gasteiger charge is -2.15. The van der Waals surface area contributed by atoms with Crippen LogP contribution in [-0.2, 0) is 0 Å². The molecule has 1 saturated carbocycles. The standard InChI is InChI=1S/C26H28FN9O3/c27-18-11-15(24(37)28-7-10-35-8-1-2-9-35)3-6-19(18)31-21-13-22(30-17-4-5-17)36-23(33-21)16(14-29-36)12-20-25(38)34-26(39)32-20/h3,6,11-14,17,31,38H,1-2,4-5,7-10H2,(H,28,37)(H2,32,34,39). The van der Waals surface area contributed by atoms with Crippen molar-refractivity contribution in [2.24, 2.45) is 4.99 Å². The summed E-state index contributed by atoms with van der Waals surface area (Å²) in [4.78, 5) is 40.4. The van der Waals surface area contributed by atoms with Gasteiger partial charge in [0.15, 0.2) is 11.1 Å². The molecule has 13 heteroatoms. The lowest BCUT2D eigenvalue weighted by molar-refractivity contribution is 0.0949. The fraction of sp³-hybridized carbons (Fsp3) is 0.346. The molecule has 6 rings (SSSR count). The molecule has 4 aromatic rings. The van der Waals surface area contributed by atoms with E-state index in [1.165, 1.54) is 31.1 Å². The predicted molar refractivity (Wildman–Crippen MR) is 141 cm³/mol. The van der Waals surface area contributed by atoms with Crippen LogP contribution < -0.4 is 27.0 Å². The molecular weight excluding hydrogens is 505 g/mol. The first-order chi connectivity index (χ1) is 18.9. The Morgan fingerprint density at radius 1 is 1.23 bits per heavy atom. The minimum Gasteiger partial charge on any atom is -0.493 e. The van der Waals surface area contributed by atoms with Crippen molar-refractivity contribution in [2.45, 2.75) is 31.7 Å². The van der Waals surface area contributed by atoms with Gasteiger partial charge in [-0.1, -0.05) is 0 Å². The van der Waals surface area contributed by atoms with E-state index in [9.17, 15) is 14.7 Å². The fourth-order valence-electron chi connectivity index (χ4n) is 4.59. The summed E-state index contributed by atoms with van der Waals surface area (Å²) in [6, 6.07) is 6.12. The number of imidazole rings is 1. The second-order valence-corrected chi connectivity index (χ2v) is 9.81. The van der Waals surface area contributed by atoms with E-state index < -0.39 is 11.5 Å². The number of likely N-dealkylation sites (tertiary alicyclic amines) is 1. The zero-order valence-electron chi connectivity index (χ0n) is 21.1. The maximum atomic E-state index is 15.1. The number of carbonyl (C=O) groups is 1. The van der Waals surface area contributed by atoms with Gasteiger partial charge >= 0.3 is 5.69 Å². The topological polar surface area (TPSA) is 156 Å². The van der Waals surface area contributed by atoms with Crippen LogP contribution in [0.1, 0.15) is 41.7 Å². The minimum atomic E-state index is -0.598. The third-order valence-electron chi connectivity index (χ3n) is 6.78. The van der Waals surface area contributed by atoms with E-state index in [-0.39, 0.29) is 34.8 Å². The molecule has 0 unspecified atom stereocenters. The lowest BCUT2D eigenvalue weighted by Crippen LogP contribution is -2.33. The van der Waals surface area contributed by atoms with Crippen molar-refractivity contribution in [1.29, 1.82) is 0 Å². The zero-order valence-corrected chi connectivity index (χ0v) is 21.1. The van der Waals surface area contributed by atoms with Crippen LogP contribution >= 0.6 is 0 Å². The Kier molecular flexibility index (Phi) is 6.57. The first-order valence-electron chi connectivity index (χ1n) is 13.0. The van der Waals surface area contributed by atoms with Crippen LogP contribution in [0.5, 0.6) is 5.88 Å². The number of benzene rings is 1. The number of H-pyrrole nitrogens is 2. The number of fused-ring (bicyclic) bond motifs is 1. The summed E-state index contributed by atoms with van der Waals surface area (Å²) in [5.41, 5.74) is 0.946. The molecule has 202 valence electrons. The lowest BCUT2D eigenvalue weighted by atomic mass is 10.2. The number of amides is 1. The van der Waals surface area contributed by atoms with Crippen LogP contribution in [0, 0.1) is 5.82 Å².